The summed E-state index contributed by atoms with van der Waals surface area (Å²) in [6.07, 6.45) is 0.557. The molecule has 1 fully saturated rings. The van der Waals surface area contributed by atoms with Crippen molar-refractivity contribution in [3.63, 3.8) is 0 Å². The molecule has 76 valence electrons. The summed E-state index contributed by atoms with van der Waals surface area (Å²) in [7, 11) is -2.89. The molecule has 1 aliphatic rings. The van der Waals surface area contributed by atoms with E-state index in [1.165, 1.54) is 0 Å². The minimum atomic E-state index is -2.89. The van der Waals surface area contributed by atoms with Gasteiger partial charge in [-0.3, -0.25) is 4.79 Å². The first-order valence-electron chi connectivity index (χ1n) is 4.10. The van der Waals surface area contributed by atoms with Crippen LogP contribution in [-0.2, 0) is 14.6 Å². The molecular weight excluding hydrogens is 194 g/mol. The summed E-state index contributed by atoms with van der Waals surface area (Å²) < 4.78 is 22.0. The molecule has 0 aromatic heterocycles. The molecule has 1 atom stereocenters. The molecule has 0 saturated carbocycles. The molecule has 1 heterocycles. The van der Waals surface area contributed by atoms with E-state index in [1.54, 1.807) is 0 Å². The lowest BCUT2D eigenvalue weighted by Gasteiger charge is -2.08. The highest BCUT2D eigenvalue weighted by Gasteiger charge is 2.27. The molecule has 0 spiro atoms. The van der Waals surface area contributed by atoms with E-state index in [1.807, 2.05) is 0 Å². The molecule has 0 radical (unpaired) electrons. The third-order valence-corrected chi connectivity index (χ3v) is 3.76. The van der Waals surface area contributed by atoms with Crippen LogP contribution in [0.4, 0.5) is 0 Å². The van der Waals surface area contributed by atoms with Crippen molar-refractivity contribution >= 4 is 15.6 Å². The van der Waals surface area contributed by atoms with Crippen LogP contribution in [0.15, 0.2) is 0 Å². The maximum absolute atomic E-state index is 11.0. The molecule has 0 amide bonds. The first kappa shape index (κ1) is 10.6. The number of ketones is 1. The Bertz CT molecular complexity index is 285. The molecule has 2 N–H and O–H groups in total. The van der Waals surface area contributed by atoms with E-state index in [0.29, 0.717) is 6.42 Å². The zero-order valence-corrected chi connectivity index (χ0v) is 8.01. The van der Waals surface area contributed by atoms with Crippen LogP contribution in [0.5, 0.6) is 0 Å². The molecule has 0 unspecified atom stereocenters. The van der Waals surface area contributed by atoms with Gasteiger partial charge in [0.1, 0.15) is 6.61 Å². The fourth-order valence-electron chi connectivity index (χ4n) is 1.27. The second-order valence-electron chi connectivity index (χ2n) is 3.18. The van der Waals surface area contributed by atoms with Crippen LogP contribution in [0.1, 0.15) is 6.42 Å². The minimum Gasteiger partial charge on any atom is -0.389 e. The van der Waals surface area contributed by atoms with Crippen molar-refractivity contribution in [1.29, 1.82) is 0 Å². The standard InChI is InChI=1S/C7H13NO4S/c9-4-7(10)3-8-6-1-2-13(11,12)5-6/h6,8-9H,1-5H2/t6-/m0/s1. The van der Waals surface area contributed by atoms with E-state index in [-0.39, 0.29) is 29.9 Å². The third-order valence-electron chi connectivity index (χ3n) is 2.00. The Kier molecular flexibility index (Phi) is 3.40. The monoisotopic (exact) mass is 207 g/mol. The Morgan fingerprint density at radius 2 is 2.23 bits per heavy atom. The Morgan fingerprint density at radius 3 is 2.69 bits per heavy atom. The lowest BCUT2D eigenvalue weighted by Crippen LogP contribution is -2.35. The summed E-state index contributed by atoms with van der Waals surface area (Å²) >= 11 is 0. The van der Waals surface area contributed by atoms with Gasteiger partial charge >= 0.3 is 0 Å². The quantitative estimate of drug-likeness (QED) is 0.575. The maximum Gasteiger partial charge on any atom is 0.171 e. The normalized spacial score (nSPS) is 26.1. The zero-order valence-electron chi connectivity index (χ0n) is 7.19. The number of carbonyl (C=O) groups is 1. The highest BCUT2D eigenvalue weighted by molar-refractivity contribution is 7.91. The largest absolute Gasteiger partial charge is 0.389 e. The highest BCUT2D eigenvalue weighted by Crippen LogP contribution is 2.10. The lowest BCUT2D eigenvalue weighted by atomic mass is 10.2. The average molecular weight is 207 g/mol. The average Bonchev–Trinajstić information content (AvgIpc) is 2.41. The third kappa shape index (κ3) is 3.41. The molecule has 6 heteroatoms. The Balaban J connectivity index is 2.29. The highest BCUT2D eigenvalue weighted by atomic mass is 32.2. The molecular formula is C7H13NO4S. The molecule has 1 saturated heterocycles. The maximum atomic E-state index is 11.0. The first-order chi connectivity index (χ1) is 6.03. The molecule has 13 heavy (non-hydrogen) atoms. The van der Waals surface area contributed by atoms with Crippen molar-refractivity contribution in [2.24, 2.45) is 0 Å². The van der Waals surface area contributed by atoms with Gasteiger partial charge in [0.15, 0.2) is 15.6 Å². The van der Waals surface area contributed by atoms with Crippen molar-refractivity contribution in [3.05, 3.63) is 0 Å². The van der Waals surface area contributed by atoms with E-state index < -0.39 is 16.4 Å². The SMILES string of the molecule is O=C(CO)CN[C@H]1CCS(=O)(=O)C1. The van der Waals surface area contributed by atoms with Crippen LogP contribution in [-0.4, -0.2) is 50.0 Å². The Morgan fingerprint density at radius 1 is 1.54 bits per heavy atom. The first-order valence-corrected chi connectivity index (χ1v) is 5.92. The van der Waals surface area contributed by atoms with Gasteiger partial charge in [-0.05, 0) is 6.42 Å². The molecule has 0 aromatic carbocycles. The minimum absolute atomic E-state index is 0.0523. The smallest absolute Gasteiger partial charge is 0.171 e. The number of sulfone groups is 1. The second kappa shape index (κ2) is 4.17. The second-order valence-corrected chi connectivity index (χ2v) is 5.41. The van der Waals surface area contributed by atoms with Gasteiger partial charge in [0.05, 0.1) is 18.1 Å². The van der Waals surface area contributed by atoms with Gasteiger partial charge in [0.2, 0.25) is 0 Å². The van der Waals surface area contributed by atoms with Gasteiger partial charge in [0, 0.05) is 6.04 Å². The van der Waals surface area contributed by atoms with Gasteiger partial charge in [0.25, 0.3) is 0 Å². The van der Waals surface area contributed by atoms with Crippen LogP contribution in [0.25, 0.3) is 0 Å². The van der Waals surface area contributed by atoms with Crippen LogP contribution >= 0.6 is 0 Å². The summed E-state index contributed by atoms with van der Waals surface area (Å²) in [5, 5.41) is 11.2. The van der Waals surface area contributed by atoms with E-state index in [9.17, 15) is 13.2 Å². The Labute approximate surface area is 77.1 Å². The number of hydrogen-bond acceptors (Lipinski definition) is 5. The van der Waals surface area contributed by atoms with E-state index in [0.717, 1.165) is 0 Å². The van der Waals surface area contributed by atoms with Gasteiger partial charge in [-0.2, -0.15) is 0 Å². The Hall–Kier alpha value is -0.460. The number of nitrogens with one attached hydrogen (secondary N) is 1. The summed E-state index contributed by atoms with van der Waals surface area (Å²) in [6, 6.07) is -0.125. The fraction of sp³-hybridized carbons (Fsp3) is 0.857. The molecule has 0 aliphatic carbocycles. The van der Waals surface area contributed by atoms with Gasteiger partial charge in [-0.15, -0.1) is 0 Å². The number of hydrogen-bond donors (Lipinski definition) is 2. The fourth-order valence-corrected chi connectivity index (χ4v) is 2.98. The predicted octanol–water partition coefficient (Wildman–Crippen LogP) is -1.68. The van der Waals surface area contributed by atoms with Crippen molar-refractivity contribution in [1.82, 2.24) is 5.32 Å². The van der Waals surface area contributed by atoms with E-state index in [2.05, 4.69) is 5.32 Å². The van der Waals surface area contributed by atoms with E-state index in [4.69, 9.17) is 5.11 Å². The molecule has 5 nitrogen and oxygen atoms in total. The number of rotatable bonds is 4. The molecule has 0 aromatic rings. The van der Waals surface area contributed by atoms with Crippen molar-refractivity contribution < 1.29 is 18.3 Å². The van der Waals surface area contributed by atoms with E-state index >= 15 is 0 Å². The van der Waals surface area contributed by atoms with Gasteiger partial charge < -0.3 is 10.4 Å². The van der Waals surface area contributed by atoms with Crippen LogP contribution in [0.3, 0.4) is 0 Å². The lowest BCUT2D eigenvalue weighted by molar-refractivity contribution is -0.121. The van der Waals surface area contributed by atoms with Gasteiger partial charge in [-0.25, -0.2) is 8.42 Å². The van der Waals surface area contributed by atoms with Crippen molar-refractivity contribution in [2.45, 2.75) is 12.5 Å². The number of aliphatic hydroxyl groups is 1. The number of carbonyl (C=O) groups excluding carboxylic acids is 1. The van der Waals surface area contributed by atoms with Crippen LogP contribution < -0.4 is 5.32 Å². The molecule has 0 bridgehead atoms. The number of aliphatic hydroxyl groups excluding tert-OH is 1. The number of Topliss-reactive ketones (excluding diaryl/α,β-unsaturated/α-hetero) is 1. The predicted molar refractivity (Wildman–Crippen MR) is 47.2 cm³/mol. The summed E-state index contributed by atoms with van der Waals surface area (Å²) in [5.74, 6) is -0.0201. The molecule has 1 rings (SSSR count). The summed E-state index contributed by atoms with van der Waals surface area (Å²) in [5.41, 5.74) is 0. The van der Waals surface area contributed by atoms with Crippen molar-refractivity contribution in [2.75, 3.05) is 24.7 Å². The van der Waals surface area contributed by atoms with Crippen LogP contribution in [0, 0.1) is 0 Å². The summed E-state index contributed by atoms with van der Waals surface area (Å²) in [6.45, 7) is -0.441. The topological polar surface area (TPSA) is 83.5 Å². The van der Waals surface area contributed by atoms with Crippen LogP contribution in [0.2, 0.25) is 0 Å². The van der Waals surface area contributed by atoms with Gasteiger partial charge in [-0.1, -0.05) is 0 Å². The van der Waals surface area contributed by atoms with Crippen molar-refractivity contribution in [3.8, 4) is 0 Å². The zero-order chi connectivity index (χ0) is 9.90. The summed E-state index contributed by atoms with van der Waals surface area (Å²) in [4.78, 5) is 10.7. The molecule has 1 aliphatic heterocycles.